The molecule has 7 heteroatoms. The topological polar surface area (TPSA) is 103 Å². The van der Waals surface area contributed by atoms with Crippen molar-refractivity contribution < 1.29 is 19.1 Å². The van der Waals surface area contributed by atoms with Crippen LogP contribution in [0.1, 0.15) is 48.2 Å². The second-order valence-electron chi connectivity index (χ2n) is 6.68. The van der Waals surface area contributed by atoms with Crippen LogP contribution in [0.25, 0.3) is 17.4 Å². The van der Waals surface area contributed by atoms with Crippen LogP contribution in [0.5, 0.6) is 0 Å². The van der Waals surface area contributed by atoms with Crippen LogP contribution < -0.4 is 5.32 Å². The normalized spacial score (nSPS) is 15.1. The van der Waals surface area contributed by atoms with E-state index >= 15 is 0 Å². The fraction of sp³-hybridized carbons (Fsp3) is 0.286. The molecule has 144 valence electrons. The Morgan fingerprint density at radius 2 is 1.96 bits per heavy atom. The molecule has 1 fully saturated rings. The lowest BCUT2D eigenvalue weighted by Crippen LogP contribution is -2.36. The van der Waals surface area contributed by atoms with E-state index in [1.165, 1.54) is 24.6 Å². The molecule has 1 saturated carbocycles. The lowest BCUT2D eigenvalue weighted by atomic mass is 9.95. The average Bonchev–Trinajstić information content (AvgIpc) is 3.15. The first kappa shape index (κ1) is 19.7. The van der Waals surface area contributed by atoms with Gasteiger partial charge >= 0.3 is 5.97 Å². The minimum absolute atomic E-state index is 0.0303. The Morgan fingerprint density at radius 1 is 1.21 bits per heavy atom. The molecule has 0 unspecified atom stereocenters. The van der Waals surface area contributed by atoms with Crippen molar-refractivity contribution in [3.05, 3.63) is 52.3 Å². The summed E-state index contributed by atoms with van der Waals surface area (Å²) in [5.74, 6) is -0.802. The van der Waals surface area contributed by atoms with E-state index in [0.717, 1.165) is 25.7 Å². The van der Waals surface area contributed by atoms with Crippen LogP contribution in [0.15, 0.2) is 40.3 Å². The Labute approximate surface area is 167 Å². The molecule has 0 radical (unpaired) electrons. The van der Waals surface area contributed by atoms with Gasteiger partial charge in [-0.05, 0) is 43.2 Å². The standard InChI is InChI=1S/C21H19ClN2O4/c22-18-8-6-13(11-17(18)21(26)27)19-9-7-16(28-19)10-14(12-23)20(25)24-15-4-2-1-3-5-15/h6-11,15H,1-5H2,(H,24,25)(H,26,27). The Morgan fingerprint density at radius 3 is 2.64 bits per heavy atom. The number of hydrogen-bond acceptors (Lipinski definition) is 4. The highest BCUT2D eigenvalue weighted by molar-refractivity contribution is 6.33. The van der Waals surface area contributed by atoms with Gasteiger partial charge in [0.25, 0.3) is 5.91 Å². The molecule has 1 aliphatic rings. The number of hydrogen-bond donors (Lipinski definition) is 2. The van der Waals surface area contributed by atoms with Crippen LogP contribution in [0.4, 0.5) is 0 Å². The van der Waals surface area contributed by atoms with Crippen molar-refractivity contribution in [3.63, 3.8) is 0 Å². The molecule has 0 atom stereocenters. The zero-order valence-corrected chi connectivity index (χ0v) is 15.8. The summed E-state index contributed by atoms with van der Waals surface area (Å²) in [5, 5.41) is 21.6. The summed E-state index contributed by atoms with van der Waals surface area (Å²) in [7, 11) is 0. The van der Waals surface area contributed by atoms with Crippen LogP contribution in [0, 0.1) is 11.3 Å². The molecule has 0 aliphatic heterocycles. The van der Waals surface area contributed by atoms with Crippen LogP contribution in [0.3, 0.4) is 0 Å². The van der Waals surface area contributed by atoms with Crippen molar-refractivity contribution in [1.82, 2.24) is 5.32 Å². The largest absolute Gasteiger partial charge is 0.478 e. The number of halogens is 1. The van der Waals surface area contributed by atoms with E-state index in [-0.39, 0.29) is 22.2 Å². The van der Waals surface area contributed by atoms with Crippen LogP contribution >= 0.6 is 11.6 Å². The van der Waals surface area contributed by atoms with Gasteiger partial charge in [-0.3, -0.25) is 4.79 Å². The van der Waals surface area contributed by atoms with Crippen molar-refractivity contribution in [2.45, 2.75) is 38.1 Å². The number of amides is 1. The number of furan rings is 1. The Balaban J connectivity index is 1.78. The summed E-state index contributed by atoms with van der Waals surface area (Å²) in [6.07, 6.45) is 6.58. The summed E-state index contributed by atoms with van der Waals surface area (Å²) >= 11 is 5.88. The van der Waals surface area contributed by atoms with E-state index in [1.54, 1.807) is 18.2 Å². The molecular formula is C21H19ClN2O4. The lowest BCUT2D eigenvalue weighted by Gasteiger charge is -2.22. The molecule has 28 heavy (non-hydrogen) atoms. The Kier molecular flexibility index (Phi) is 6.17. The molecule has 1 aromatic carbocycles. The van der Waals surface area contributed by atoms with Gasteiger partial charge in [0.2, 0.25) is 0 Å². The van der Waals surface area contributed by atoms with E-state index in [0.29, 0.717) is 17.1 Å². The molecule has 0 spiro atoms. The smallest absolute Gasteiger partial charge is 0.337 e. The van der Waals surface area contributed by atoms with Crippen molar-refractivity contribution in [1.29, 1.82) is 5.26 Å². The molecule has 2 N–H and O–H groups in total. The summed E-state index contributed by atoms with van der Waals surface area (Å²) in [6.45, 7) is 0. The van der Waals surface area contributed by atoms with E-state index in [9.17, 15) is 20.0 Å². The first-order valence-electron chi connectivity index (χ1n) is 9.03. The predicted molar refractivity (Wildman–Crippen MR) is 105 cm³/mol. The van der Waals surface area contributed by atoms with Crippen LogP contribution in [-0.4, -0.2) is 23.0 Å². The third-order valence-electron chi connectivity index (χ3n) is 4.70. The maximum atomic E-state index is 12.4. The molecule has 1 aromatic heterocycles. The second-order valence-corrected chi connectivity index (χ2v) is 7.09. The summed E-state index contributed by atoms with van der Waals surface area (Å²) in [4.78, 5) is 23.6. The van der Waals surface area contributed by atoms with Gasteiger partial charge in [-0.15, -0.1) is 0 Å². The average molecular weight is 399 g/mol. The van der Waals surface area contributed by atoms with E-state index < -0.39 is 11.9 Å². The van der Waals surface area contributed by atoms with E-state index in [4.69, 9.17) is 16.0 Å². The fourth-order valence-electron chi connectivity index (χ4n) is 3.23. The number of aromatic carboxylic acids is 1. The highest BCUT2D eigenvalue weighted by Gasteiger charge is 2.19. The number of carbonyl (C=O) groups excluding carboxylic acids is 1. The number of carbonyl (C=O) groups is 2. The number of nitrogens with one attached hydrogen (secondary N) is 1. The molecule has 0 bridgehead atoms. The SMILES string of the molecule is N#CC(=Cc1ccc(-c2ccc(Cl)c(C(=O)O)c2)o1)C(=O)NC1CCCCC1. The van der Waals surface area contributed by atoms with Gasteiger partial charge in [0, 0.05) is 17.7 Å². The monoisotopic (exact) mass is 398 g/mol. The Hall–Kier alpha value is -3.04. The molecule has 0 saturated heterocycles. The highest BCUT2D eigenvalue weighted by Crippen LogP contribution is 2.27. The minimum Gasteiger partial charge on any atom is -0.478 e. The molecule has 1 aliphatic carbocycles. The molecule has 1 heterocycles. The van der Waals surface area contributed by atoms with Gasteiger partial charge in [-0.2, -0.15) is 5.26 Å². The molecule has 2 aromatic rings. The summed E-state index contributed by atoms with van der Waals surface area (Å²) in [6, 6.07) is 9.83. The van der Waals surface area contributed by atoms with E-state index in [1.807, 2.05) is 6.07 Å². The van der Waals surface area contributed by atoms with Gasteiger partial charge < -0.3 is 14.8 Å². The number of carboxylic acids is 1. The third-order valence-corrected chi connectivity index (χ3v) is 5.03. The summed E-state index contributed by atoms with van der Waals surface area (Å²) < 4.78 is 5.67. The van der Waals surface area contributed by atoms with Crippen molar-refractivity contribution in [2.24, 2.45) is 0 Å². The number of nitriles is 1. The van der Waals surface area contributed by atoms with Gasteiger partial charge in [0.05, 0.1) is 10.6 Å². The third kappa shape index (κ3) is 4.62. The fourth-order valence-corrected chi connectivity index (χ4v) is 3.43. The van der Waals surface area contributed by atoms with Crippen LogP contribution in [0.2, 0.25) is 5.02 Å². The highest BCUT2D eigenvalue weighted by atomic mass is 35.5. The minimum atomic E-state index is -1.13. The van der Waals surface area contributed by atoms with E-state index in [2.05, 4.69) is 5.32 Å². The number of benzene rings is 1. The van der Waals surface area contributed by atoms with Crippen LogP contribution in [-0.2, 0) is 4.79 Å². The van der Waals surface area contributed by atoms with Crippen molar-refractivity contribution in [3.8, 4) is 17.4 Å². The maximum absolute atomic E-state index is 12.4. The van der Waals surface area contributed by atoms with Gasteiger partial charge in [-0.1, -0.05) is 30.9 Å². The van der Waals surface area contributed by atoms with Crippen molar-refractivity contribution in [2.75, 3.05) is 0 Å². The first-order chi connectivity index (χ1) is 13.5. The zero-order chi connectivity index (χ0) is 20.1. The zero-order valence-electron chi connectivity index (χ0n) is 15.1. The second kappa shape index (κ2) is 8.77. The number of rotatable bonds is 5. The molecule has 3 rings (SSSR count). The molecule has 6 nitrogen and oxygen atoms in total. The number of nitrogens with zero attached hydrogens (tertiary/aromatic N) is 1. The van der Waals surface area contributed by atoms with Gasteiger partial charge in [0.15, 0.2) is 0 Å². The molecular weight excluding hydrogens is 380 g/mol. The lowest BCUT2D eigenvalue weighted by molar-refractivity contribution is -0.117. The van der Waals surface area contributed by atoms with Gasteiger partial charge in [-0.25, -0.2) is 4.79 Å². The summed E-state index contributed by atoms with van der Waals surface area (Å²) in [5.41, 5.74) is 0.470. The maximum Gasteiger partial charge on any atom is 0.337 e. The van der Waals surface area contributed by atoms with Crippen molar-refractivity contribution >= 4 is 29.6 Å². The molecule has 1 amide bonds. The quantitative estimate of drug-likeness (QED) is 0.563. The first-order valence-corrected chi connectivity index (χ1v) is 9.41. The Bertz CT molecular complexity index is 965. The number of carboxylic acid groups (broad SMARTS) is 1. The predicted octanol–water partition coefficient (Wildman–Crippen LogP) is 4.65. The van der Waals surface area contributed by atoms with Gasteiger partial charge in [0.1, 0.15) is 23.2 Å².